The molecule has 0 bridgehead atoms. The van der Waals surface area contributed by atoms with Crippen LogP contribution in [0.5, 0.6) is 5.75 Å². The Balaban J connectivity index is 1.29. The summed E-state index contributed by atoms with van der Waals surface area (Å²) in [5.41, 5.74) is 3.21. The highest BCUT2D eigenvalue weighted by molar-refractivity contribution is 5.93. The molecule has 1 fully saturated rings. The molecule has 158 valence electrons. The van der Waals surface area contributed by atoms with Gasteiger partial charge < -0.3 is 9.47 Å². The normalized spacial score (nSPS) is 15.5. The summed E-state index contributed by atoms with van der Waals surface area (Å²) in [5.74, 6) is 0.581. The Labute approximate surface area is 182 Å². The molecular weight excluding hydrogens is 390 g/mol. The predicted molar refractivity (Wildman–Crippen MR) is 118 cm³/mol. The summed E-state index contributed by atoms with van der Waals surface area (Å²) in [6, 6.07) is 27.3. The second-order valence-corrected chi connectivity index (χ2v) is 7.60. The Morgan fingerprint density at radius 2 is 1.52 bits per heavy atom. The monoisotopic (exact) mass is 415 g/mol. The lowest BCUT2D eigenvalue weighted by molar-refractivity contribution is -0.129. The van der Waals surface area contributed by atoms with E-state index in [0.29, 0.717) is 19.4 Å². The van der Waals surface area contributed by atoms with Crippen molar-refractivity contribution in [2.45, 2.75) is 31.9 Å². The average Bonchev–Trinajstić information content (AvgIpc) is 3.18. The van der Waals surface area contributed by atoms with E-state index < -0.39 is 6.09 Å². The van der Waals surface area contributed by atoms with Crippen LogP contribution in [0.3, 0.4) is 0 Å². The minimum absolute atomic E-state index is 0.201. The van der Waals surface area contributed by atoms with Crippen LogP contribution in [0.25, 0.3) is 0 Å². The van der Waals surface area contributed by atoms with Gasteiger partial charge in [0.25, 0.3) is 0 Å². The number of carbonyl (C=O) groups is 2. The van der Waals surface area contributed by atoms with Gasteiger partial charge in [0.15, 0.2) is 0 Å². The van der Waals surface area contributed by atoms with Gasteiger partial charge in [-0.15, -0.1) is 0 Å². The number of carbonyl (C=O) groups excluding carboxylic acids is 2. The van der Waals surface area contributed by atoms with Crippen LogP contribution in [0.15, 0.2) is 84.9 Å². The SMILES string of the molecule is O=C(CCc1ccc(OCc2ccccc2)cc1)N1C(=O)OCC1Cc1ccccc1. The van der Waals surface area contributed by atoms with E-state index in [4.69, 9.17) is 9.47 Å². The Bertz CT molecular complexity index is 1000. The van der Waals surface area contributed by atoms with Crippen LogP contribution in [0.1, 0.15) is 23.1 Å². The van der Waals surface area contributed by atoms with E-state index in [1.54, 1.807) is 0 Å². The smallest absolute Gasteiger partial charge is 0.416 e. The number of hydrogen-bond donors (Lipinski definition) is 0. The molecule has 0 saturated carbocycles. The third-order valence-corrected chi connectivity index (χ3v) is 5.34. The molecule has 4 rings (SSSR count). The van der Waals surface area contributed by atoms with E-state index in [9.17, 15) is 9.59 Å². The highest BCUT2D eigenvalue weighted by atomic mass is 16.6. The molecule has 0 radical (unpaired) electrons. The molecule has 5 heteroatoms. The van der Waals surface area contributed by atoms with Crippen LogP contribution >= 0.6 is 0 Å². The standard InChI is InChI=1S/C26H25NO4/c28-25(27-23(19-31-26(27)29)17-21-7-3-1-4-8-21)16-13-20-11-14-24(15-12-20)30-18-22-9-5-2-6-10-22/h1-12,14-15,23H,13,16-19H2. The second kappa shape index (κ2) is 9.94. The van der Waals surface area contributed by atoms with Crippen LogP contribution < -0.4 is 4.74 Å². The molecule has 1 atom stereocenters. The zero-order chi connectivity index (χ0) is 21.5. The highest BCUT2D eigenvalue weighted by Crippen LogP contribution is 2.20. The summed E-state index contributed by atoms with van der Waals surface area (Å²) in [7, 11) is 0. The van der Waals surface area contributed by atoms with Crippen LogP contribution in [0.4, 0.5) is 4.79 Å². The lowest BCUT2D eigenvalue weighted by Crippen LogP contribution is -2.40. The molecule has 1 unspecified atom stereocenters. The first-order chi connectivity index (χ1) is 15.2. The van der Waals surface area contributed by atoms with Crippen molar-refractivity contribution in [3.8, 4) is 5.75 Å². The average molecular weight is 415 g/mol. The highest BCUT2D eigenvalue weighted by Gasteiger charge is 2.37. The van der Waals surface area contributed by atoms with Crippen molar-refractivity contribution in [1.82, 2.24) is 4.90 Å². The predicted octanol–water partition coefficient (Wildman–Crippen LogP) is 4.79. The van der Waals surface area contributed by atoms with Crippen molar-refractivity contribution in [2.24, 2.45) is 0 Å². The molecule has 3 aromatic rings. The first kappa shape index (κ1) is 20.7. The van der Waals surface area contributed by atoms with E-state index in [-0.39, 0.29) is 25.0 Å². The molecule has 0 N–H and O–H groups in total. The van der Waals surface area contributed by atoms with Gasteiger partial charge in [0.05, 0.1) is 6.04 Å². The fourth-order valence-electron chi connectivity index (χ4n) is 3.67. The fourth-order valence-corrected chi connectivity index (χ4v) is 3.67. The number of imide groups is 1. The summed E-state index contributed by atoms with van der Waals surface area (Å²) in [4.78, 5) is 26.2. The molecule has 0 spiro atoms. The third kappa shape index (κ3) is 5.51. The summed E-state index contributed by atoms with van der Waals surface area (Å²) < 4.78 is 11.0. The first-order valence-electron chi connectivity index (χ1n) is 10.5. The van der Waals surface area contributed by atoms with E-state index >= 15 is 0 Å². The molecule has 1 aliphatic rings. The number of ether oxygens (including phenoxy) is 2. The zero-order valence-corrected chi connectivity index (χ0v) is 17.3. The van der Waals surface area contributed by atoms with E-state index in [1.165, 1.54) is 4.90 Å². The van der Waals surface area contributed by atoms with Gasteiger partial charge in [-0.3, -0.25) is 4.79 Å². The molecule has 1 heterocycles. The first-order valence-corrected chi connectivity index (χ1v) is 10.5. The molecule has 0 aliphatic carbocycles. The van der Waals surface area contributed by atoms with Crippen molar-refractivity contribution in [3.63, 3.8) is 0 Å². The van der Waals surface area contributed by atoms with Crippen molar-refractivity contribution in [2.75, 3.05) is 6.61 Å². The molecule has 1 saturated heterocycles. The lowest BCUT2D eigenvalue weighted by atomic mass is 10.0. The van der Waals surface area contributed by atoms with Crippen LogP contribution in [-0.2, 0) is 29.0 Å². The Morgan fingerprint density at radius 3 is 2.19 bits per heavy atom. The van der Waals surface area contributed by atoms with Crippen molar-refractivity contribution < 1.29 is 19.1 Å². The van der Waals surface area contributed by atoms with Gasteiger partial charge in [-0.05, 0) is 41.7 Å². The quantitative estimate of drug-likeness (QED) is 0.531. The number of aryl methyl sites for hydroxylation is 1. The van der Waals surface area contributed by atoms with Crippen molar-refractivity contribution in [3.05, 3.63) is 102 Å². The number of amides is 2. The second-order valence-electron chi connectivity index (χ2n) is 7.60. The van der Waals surface area contributed by atoms with Gasteiger partial charge in [-0.1, -0.05) is 72.8 Å². The molecule has 2 amide bonds. The Hall–Kier alpha value is -3.60. The summed E-state index contributed by atoms with van der Waals surface area (Å²) >= 11 is 0. The minimum Gasteiger partial charge on any atom is -0.489 e. The maximum Gasteiger partial charge on any atom is 0.416 e. The molecule has 1 aliphatic heterocycles. The van der Waals surface area contributed by atoms with Crippen LogP contribution in [-0.4, -0.2) is 29.5 Å². The topological polar surface area (TPSA) is 55.8 Å². The molecule has 31 heavy (non-hydrogen) atoms. The number of benzene rings is 3. The van der Waals surface area contributed by atoms with Gasteiger partial charge in [0, 0.05) is 6.42 Å². The zero-order valence-electron chi connectivity index (χ0n) is 17.3. The molecule has 0 aromatic heterocycles. The van der Waals surface area contributed by atoms with Crippen molar-refractivity contribution in [1.29, 1.82) is 0 Å². The van der Waals surface area contributed by atoms with Crippen molar-refractivity contribution >= 4 is 12.0 Å². The Morgan fingerprint density at radius 1 is 0.871 bits per heavy atom. The van der Waals surface area contributed by atoms with Gasteiger partial charge in [-0.2, -0.15) is 0 Å². The number of rotatable bonds is 8. The summed E-state index contributed by atoms with van der Waals surface area (Å²) in [5, 5.41) is 0. The molecule has 5 nitrogen and oxygen atoms in total. The van der Waals surface area contributed by atoms with Crippen LogP contribution in [0.2, 0.25) is 0 Å². The largest absolute Gasteiger partial charge is 0.489 e. The Kier molecular flexibility index (Phi) is 6.62. The maximum absolute atomic E-state index is 12.8. The number of cyclic esters (lactones) is 1. The van der Waals surface area contributed by atoms with Crippen LogP contribution in [0, 0.1) is 0 Å². The maximum atomic E-state index is 12.8. The third-order valence-electron chi connectivity index (χ3n) is 5.34. The number of nitrogens with zero attached hydrogens (tertiary/aromatic N) is 1. The van der Waals surface area contributed by atoms with E-state index in [0.717, 1.165) is 22.4 Å². The number of hydrogen-bond acceptors (Lipinski definition) is 4. The summed E-state index contributed by atoms with van der Waals surface area (Å²) in [6.07, 6.45) is 0.867. The minimum atomic E-state index is -0.546. The van der Waals surface area contributed by atoms with Gasteiger partial charge in [0.2, 0.25) is 5.91 Å². The molecule has 3 aromatic carbocycles. The fraction of sp³-hybridized carbons (Fsp3) is 0.231. The van der Waals surface area contributed by atoms with E-state index in [2.05, 4.69) is 0 Å². The van der Waals surface area contributed by atoms with E-state index in [1.807, 2.05) is 84.9 Å². The molecular formula is C26H25NO4. The lowest BCUT2D eigenvalue weighted by Gasteiger charge is -2.19. The van der Waals surface area contributed by atoms with Gasteiger partial charge in [0.1, 0.15) is 19.0 Å². The summed E-state index contributed by atoms with van der Waals surface area (Å²) in [6.45, 7) is 0.755. The van der Waals surface area contributed by atoms with Gasteiger partial charge >= 0.3 is 6.09 Å². The van der Waals surface area contributed by atoms with Gasteiger partial charge in [-0.25, -0.2) is 9.69 Å².